The van der Waals surface area contributed by atoms with Crippen molar-refractivity contribution in [1.29, 1.82) is 0 Å². The Balaban J connectivity index is 2.60. The van der Waals surface area contributed by atoms with Crippen molar-refractivity contribution in [3.8, 4) is 17.2 Å². The molecule has 1 heterocycles. The van der Waals surface area contributed by atoms with E-state index in [1.807, 2.05) is 0 Å². The normalized spacial score (nSPS) is 15.3. The minimum atomic E-state index is -0.701. The standard InChI is InChI=1S/C20H30N2O5/c1-13(23)14-11-16(25-5)18(26-6)15(12-22-9-7-21-8-10-22)17(14)27-19(24)20(2,3)4/h11,21H,7-10,12H2,1-6H3. The van der Waals surface area contributed by atoms with E-state index < -0.39 is 11.4 Å². The van der Waals surface area contributed by atoms with E-state index >= 15 is 0 Å². The largest absolute Gasteiger partial charge is 0.493 e. The second-order valence-electron chi connectivity index (χ2n) is 7.69. The fraction of sp³-hybridized carbons (Fsp3) is 0.600. The number of carbonyl (C=O) groups excluding carboxylic acids is 2. The predicted octanol–water partition coefficient (Wildman–Crippen LogP) is 2.26. The van der Waals surface area contributed by atoms with Gasteiger partial charge < -0.3 is 19.5 Å². The van der Waals surface area contributed by atoms with Gasteiger partial charge in [-0.15, -0.1) is 0 Å². The van der Waals surface area contributed by atoms with Gasteiger partial charge in [-0.2, -0.15) is 0 Å². The van der Waals surface area contributed by atoms with Gasteiger partial charge in [0.25, 0.3) is 0 Å². The highest BCUT2D eigenvalue weighted by atomic mass is 16.5. The number of piperazine rings is 1. The number of hydrogen-bond donors (Lipinski definition) is 1. The molecule has 0 saturated carbocycles. The zero-order chi connectivity index (χ0) is 20.2. The molecule has 1 aromatic carbocycles. The van der Waals surface area contributed by atoms with Gasteiger partial charge in [-0.3, -0.25) is 14.5 Å². The molecule has 0 atom stereocenters. The van der Waals surface area contributed by atoms with Gasteiger partial charge in [0, 0.05) is 32.7 Å². The Morgan fingerprint density at radius 2 is 1.74 bits per heavy atom. The number of carbonyl (C=O) groups is 2. The average Bonchev–Trinajstić information content (AvgIpc) is 2.62. The number of nitrogens with one attached hydrogen (secondary N) is 1. The van der Waals surface area contributed by atoms with Gasteiger partial charge in [0.2, 0.25) is 0 Å². The number of methoxy groups -OCH3 is 2. The maximum absolute atomic E-state index is 12.6. The maximum Gasteiger partial charge on any atom is 0.316 e. The third kappa shape index (κ3) is 4.99. The van der Waals surface area contributed by atoms with Crippen molar-refractivity contribution < 1.29 is 23.8 Å². The summed E-state index contributed by atoms with van der Waals surface area (Å²) in [5, 5.41) is 3.31. The third-order valence-corrected chi connectivity index (χ3v) is 4.49. The predicted molar refractivity (Wildman–Crippen MR) is 103 cm³/mol. The molecule has 0 radical (unpaired) electrons. The zero-order valence-electron chi connectivity index (χ0n) is 17.1. The van der Waals surface area contributed by atoms with Crippen LogP contribution in [-0.4, -0.2) is 57.1 Å². The van der Waals surface area contributed by atoms with Crippen molar-refractivity contribution in [2.75, 3.05) is 40.4 Å². The smallest absolute Gasteiger partial charge is 0.316 e. The Labute approximate surface area is 161 Å². The molecule has 0 spiro atoms. The van der Waals surface area contributed by atoms with E-state index in [4.69, 9.17) is 14.2 Å². The van der Waals surface area contributed by atoms with E-state index in [-0.39, 0.29) is 11.5 Å². The monoisotopic (exact) mass is 378 g/mol. The molecule has 0 amide bonds. The summed E-state index contributed by atoms with van der Waals surface area (Å²) in [5.41, 5.74) is 0.269. The fourth-order valence-corrected chi connectivity index (χ4v) is 2.91. The van der Waals surface area contributed by atoms with Gasteiger partial charge in [0.1, 0.15) is 5.75 Å². The summed E-state index contributed by atoms with van der Waals surface area (Å²) in [6, 6.07) is 1.58. The van der Waals surface area contributed by atoms with E-state index in [1.54, 1.807) is 33.9 Å². The quantitative estimate of drug-likeness (QED) is 0.462. The van der Waals surface area contributed by atoms with Crippen LogP contribution in [0, 0.1) is 5.41 Å². The number of nitrogens with zero attached hydrogens (tertiary/aromatic N) is 1. The first-order valence-corrected chi connectivity index (χ1v) is 9.13. The van der Waals surface area contributed by atoms with Crippen LogP contribution in [0.3, 0.4) is 0 Å². The summed E-state index contributed by atoms with van der Waals surface area (Å²) < 4.78 is 16.8. The molecular formula is C20H30N2O5. The number of benzene rings is 1. The number of rotatable bonds is 6. The van der Waals surface area contributed by atoms with E-state index in [9.17, 15) is 9.59 Å². The van der Waals surface area contributed by atoms with Gasteiger partial charge >= 0.3 is 5.97 Å². The summed E-state index contributed by atoms with van der Waals surface area (Å²) in [6.07, 6.45) is 0. The third-order valence-electron chi connectivity index (χ3n) is 4.49. The number of esters is 1. The molecule has 7 heteroatoms. The van der Waals surface area contributed by atoms with E-state index in [1.165, 1.54) is 14.0 Å². The molecule has 0 aromatic heterocycles. The minimum absolute atomic E-state index is 0.200. The zero-order valence-corrected chi connectivity index (χ0v) is 17.1. The number of ether oxygens (including phenoxy) is 3. The SMILES string of the molecule is COc1cc(C(C)=O)c(OC(=O)C(C)(C)C)c(CN2CCNCC2)c1OC. The minimum Gasteiger partial charge on any atom is -0.493 e. The Morgan fingerprint density at radius 3 is 2.22 bits per heavy atom. The van der Waals surface area contributed by atoms with Gasteiger partial charge in [0.15, 0.2) is 17.3 Å². The first-order valence-electron chi connectivity index (χ1n) is 9.13. The fourth-order valence-electron chi connectivity index (χ4n) is 2.91. The van der Waals surface area contributed by atoms with Crippen LogP contribution in [-0.2, 0) is 11.3 Å². The van der Waals surface area contributed by atoms with Gasteiger partial charge in [-0.25, -0.2) is 0 Å². The van der Waals surface area contributed by atoms with E-state index in [0.29, 0.717) is 29.2 Å². The molecule has 7 nitrogen and oxygen atoms in total. The Bertz CT molecular complexity index is 703. The molecule has 1 fully saturated rings. The molecule has 150 valence electrons. The molecule has 1 aliphatic heterocycles. The maximum atomic E-state index is 12.6. The van der Waals surface area contributed by atoms with Crippen LogP contribution in [0.15, 0.2) is 6.07 Å². The topological polar surface area (TPSA) is 77.1 Å². The molecule has 1 aliphatic rings. The van der Waals surface area contributed by atoms with Crippen LogP contribution >= 0.6 is 0 Å². The van der Waals surface area contributed by atoms with Gasteiger partial charge in [-0.1, -0.05) is 0 Å². The van der Waals surface area contributed by atoms with Crippen LogP contribution in [0.2, 0.25) is 0 Å². The van der Waals surface area contributed by atoms with Crippen molar-refractivity contribution in [3.05, 3.63) is 17.2 Å². The Kier molecular flexibility index (Phi) is 6.84. The summed E-state index contributed by atoms with van der Waals surface area (Å²) in [7, 11) is 3.07. The highest BCUT2D eigenvalue weighted by Crippen LogP contribution is 2.42. The lowest BCUT2D eigenvalue weighted by atomic mass is 9.97. The lowest BCUT2D eigenvalue weighted by molar-refractivity contribution is -0.143. The second kappa shape index (κ2) is 8.71. The van der Waals surface area contributed by atoms with Crippen molar-refractivity contribution in [3.63, 3.8) is 0 Å². The Morgan fingerprint density at radius 1 is 1.11 bits per heavy atom. The molecule has 0 aliphatic carbocycles. The van der Waals surface area contributed by atoms with Gasteiger partial charge in [0.05, 0.1) is 30.8 Å². The van der Waals surface area contributed by atoms with E-state index in [0.717, 1.165) is 26.2 Å². The summed E-state index contributed by atoms with van der Waals surface area (Å²) in [4.78, 5) is 27.1. The lowest BCUT2D eigenvalue weighted by Crippen LogP contribution is -2.43. The molecule has 0 unspecified atom stereocenters. The highest BCUT2D eigenvalue weighted by molar-refractivity contribution is 5.99. The van der Waals surface area contributed by atoms with Crippen LogP contribution in [0.4, 0.5) is 0 Å². The van der Waals surface area contributed by atoms with Crippen LogP contribution in [0.5, 0.6) is 17.2 Å². The van der Waals surface area contributed by atoms with E-state index in [2.05, 4.69) is 10.2 Å². The highest BCUT2D eigenvalue weighted by Gasteiger charge is 2.30. The summed E-state index contributed by atoms with van der Waals surface area (Å²) in [5.74, 6) is 0.591. The number of hydrogen-bond acceptors (Lipinski definition) is 7. The molecule has 1 N–H and O–H groups in total. The second-order valence-corrected chi connectivity index (χ2v) is 7.69. The van der Waals surface area contributed by atoms with Crippen molar-refractivity contribution >= 4 is 11.8 Å². The number of Topliss-reactive ketones (excluding diaryl/α,β-unsaturated/α-hetero) is 1. The summed E-state index contributed by atoms with van der Waals surface area (Å²) >= 11 is 0. The average molecular weight is 378 g/mol. The lowest BCUT2D eigenvalue weighted by Gasteiger charge is -2.29. The first kappa shape index (κ1) is 21.2. The van der Waals surface area contributed by atoms with Crippen LogP contribution in [0.25, 0.3) is 0 Å². The van der Waals surface area contributed by atoms with Crippen molar-refractivity contribution in [2.45, 2.75) is 34.2 Å². The van der Waals surface area contributed by atoms with Gasteiger partial charge in [-0.05, 0) is 33.8 Å². The Hall–Kier alpha value is -2.12. The van der Waals surface area contributed by atoms with Crippen molar-refractivity contribution in [2.24, 2.45) is 5.41 Å². The molecular weight excluding hydrogens is 348 g/mol. The first-order chi connectivity index (χ1) is 12.7. The van der Waals surface area contributed by atoms with Crippen LogP contribution < -0.4 is 19.5 Å². The molecule has 2 rings (SSSR count). The van der Waals surface area contributed by atoms with Crippen molar-refractivity contribution in [1.82, 2.24) is 10.2 Å². The molecule has 1 aromatic rings. The molecule has 1 saturated heterocycles. The molecule has 27 heavy (non-hydrogen) atoms. The summed E-state index contributed by atoms with van der Waals surface area (Å²) in [6.45, 7) is 10.7. The van der Waals surface area contributed by atoms with Crippen LogP contribution in [0.1, 0.15) is 43.6 Å². The number of ketones is 1. The molecule has 0 bridgehead atoms.